The number of carbonyl (C=O) groups is 4. The molecule has 104 valence electrons. The van der Waals surface area contributed by atoms with E-state index in [2.05, 4.69) is 9.47 Å². The molecule has 2 heterocycles. The van der Waals surface area contributed by atoms with Crippen LogP contribution < -0.4 is 0 Å². The Kier molecular flexibility index (Phi) is 4.24. The first kappa shape index (κ1) is 13.9. The van der Waals surface area contributed by atoms with Crippen LogP contribution in [-0.4, -0.2) is 23.9 Å². The van der Waals surface area contributed by atoms with Crippen LogP contribution in [0, 0.1) is 5.92 Å². The maximum absolute atomic E-state index is 11.2. The molecular weight excluding hydrogens is 264 g/mol. The number of hydrogen-bond donors (Lipinski definition) is 0. The van der Waals surface area contributed by atoms with Crippen molar-refractivity contribution < 1.29 is 28.7 Å². The van der Waals surface area contributed by atoms with Crippen LogP contribution in [0.2, 0.25) is 0 Å². The van der Waals surface area contributed by atoms with Crippen LogP contribution in [0.15, 0.2) is 36.0 Å². The fraction of sp³-hybridized carbons (Fsp3) is 0.286. The van der Waals surface area contributed by atoms with Crippen molar-refractivity contribution in [1.29, 1.82) is 0 Å². The van der Waals surface area contributed by atoms with Gasteiger partial charge in [0.15, 0.2) is 0 Å². The summed E-state index contributed by atoms with van der Waals surface area (Å²) in [7, 11) is 0. The minimum atomic E-state index is -0.640. The van der Waals surface area contributed by atoms with Crippen LogP contribution in [0.4, 0.5) is 0 Å². The largest absolute Gasteiger partial charge is 0.393 e. The van der Waals surface area contributed by atoms with Crippen molar-refractivity contribution in [1.82, 2.24) is 0 Å². The summed E-state index contributed by atoms with van der Waals surface area (Å²) in [5.41, 5.74) is 0.310. The van der Waals surface area contributed by atoms with Crippen LogP contribution in [0.3, 0.4) is 0 Å². The molecule has 0 radical (unpaired) electrons. The topological polar surface area (TPSA) is 86.7 Å². The van der Waals surface area contributed by atoms with E-state index in [1.165, 1.54) is 0 Å². The van der Waals surface area contributed by atoms with Gasteiger partial charge in [-0.25, -0.2) is 9.59 Å². The second-order valence-corrected chi connectivity index (χ2v) is 4.37. The van der Waals surface area contributed by atoms with Crippen molar-refractivity contribution in [3.8, 4) is 0 Å². The molecule has 0 saturated carbocycles. The Bertz CT molecular complexity index is 552. The zero-order chi connectivity index (χ0) is 14.5. The second kappa shape index (κ2) is 6.10. The fourth-order valence-corrected chi connectivity index (χ4v) is 1.83. The fourth-order valence-electron chi connectivity index (χ4n) is 1.83. The lowest BCUT2D eigenvalue weighted by Gasteiger charge is -1.96. The van der Waals surface area contributed by atoms with Gasteiger partial charge in [-0.1, -0.05) is 24.3 Å². The lowest BCUT2D eigenvalue weighted by Crippen LogP contribution is -2.05. The summed E-state index contributed by atoms with van der Waals surface area (Å²) in [5, 5.41) is 0. The first-order chi connectivity index (χ1) is 9.56. The van der Waals surface area contributed by atoms with Crippen molar-refractivity contribution in [2.24, 2.45) is 5.92 Å². The highest BCUT2D eigenvalue weighted by atomic mass is 16.6. The van der Waals surface area contributed by atoms with Gasteiger partial charge in [-0.05, 0) is 12.8 Å². The van der Waals surface area contributed by atoms with E-state index in [4.69, 9.17) is 0 Å². The van der Waals surface area contributed by atoms with Gasteiger partial charge in [0.05, 0.1) is 12.3 Å². The standard InChI is InChI=1S/C14H12O6/c15-11-7-9(13(17)19-11)5-3-1-2-4-6-10-8-12(16)20-14(10)18/h1-4,7,10H,5-6,8H2/b3-1+,4-2+. The van der Waals surface area contributed by atoms with E-state index >= 15 is 0 Å². The highest BCUT2D eigenvalue weighted by Gasteiger charge is 2.32. The molecule has 0 bridgehead atoms. The zero-order valence-corrected chi connectivity index (χ0v) is 10.5. The number of hydrogen-bond acceptors (Lipinski definition) is 6. The molecule has 6 nitrogen and oxygen atoms in total. The molecule has 20 heavy (non-hydrogen) atoms. The maximum atomic E-state index is 11.2. The Morgan fingerprint density at radius 3 is 2.45 bits per heavy atom. The third-order valence-electron chi connectivity index (χ3n) is 2.85. The molecule has 0 aromatic heterocycles. The third kappa shape index (κ3) is 3.50. The summed E-state index contributed by atoms with van der Waals surface area (Å²) in [6, 6.07) is 0. The second-order valence-electron chi connectivity index (χ2n) is 4.37. The average Bonchev–Trinajstić information content (AvgIpc) is 2.86. The predicted octanol–water partition coefficient (Wildman–Crippen LogP) is 0.978. The first-order valence-electron chi connectivity index (χ1n) is 6.09. The van der Waals surface area contributed by atoms with Crippen molar-refractivity contribution in [3.05, 3.63) is 36.0 Å². The molecule has 1 atom stereocenters. The van der Waals surface area contributed by atoms with Gasteiger partial charge in [0.1, 0.15) is 0 Å². The average molecular weight is 276 g/mol. The molecule has 2 rings (SSSR count). The highest BCUT2D eigenvalue weighted by Crippen LogP contribution is 2.19. The molecule has 0 spiro atoms. The molecule has 0 aliphatic carbocycles. The van der Waals surface area contributed by atoms with Crippen molar-refractivity contribution in [2.45, 2.75) is 19.3 Å². The van der Waals surface area contributed by atoms with E-state index in [0.29, 0.717) is 18.4 Å². The quantitative estimate of drug-likeness (QED) is 0.422. The minimum absolute atomic E-state index is 0.119. The van der Waals surface area contributed by atoms with Crippen molar-refractivity contribution >= 4 is 23.9 Å². The first-order valence-corrected chi connectivity index (χ1v) is 6.09. The number of esters is 4. The number of ether oxygens (including phenoxy) is 2. The third-order valence-corrected chi connectivity index (χ3v) is 2.85. The molecule has 0 aromatic carbocycles. The smallest absolute Gasteiger partial charge is 0.342 e. The summed E-state index contributed by atoms with van der Waals surface area (Å²) in [6.07, 6.45) is 8.85. The Balaban J connectivity index is 1.74. The lowest BCUT2D eigenvalue weighted by molar-refractivity contribution is -0.154. The molecule has 1 unspecified atom stereocenters. The Labute approximate surface area is 114 Å². The minimum Gasteiger partial charge on any atom is -0.393 e. The van der Waals surface area contributed by atoms with Crippen LogP contribution >= 0.6 is 0 Å². The van der Waals surface area contributed by atoms with Gasteiger partial charge in [0.2, 0.25) is 0 Å². The number of rotatable bonds is 5. The lowest BCUT2D eigenvalue weighted by atomic mass is 10.0. The highest BCUT2D eigenvalue weighted by molar-refractivity contribution is 6.08. The zero-order valence-electron chi connectivity index (χ0n) is 10.5. The van der Waals surface area contributed by atoms with Crippen molar-refractivity contribution in [2.75, 3.05) is 0 Å². The van der Waals surface area contributed by atoms with E-state index in [1.54, 1.807) is 24.3 Å². The van der Waals surface area contributed by atoms with Gasteiger partial charge in [-0.15, -0.1) is 0 Å². The van der Waals surface area contributed by atoms with Gasteiger partial charge in [0, 0.05) is 11.6 Å². The summed E-state index contributed by atoms with van der Waals surface area (Å²) in [4.78, 5) is 43.9. The monoisotopic (exact) mass is 276 g/mol. The van der Waals surface area contributed by atoms with Gasteiger partial charge in [-0.3, -0.25) is 9.59 Å². The molecule has 1 fully saturated rings. The summed E-state index contributed by atoms with van der Waals surface area (Å²) >= 11 is 0. The molecule has 0 N–H and O–H groups in total. The van der Waals surface area contributed by atoms with Crippen LogP contribution in [0.1, 0.15) is 19.3 Å². The van der Waals surface area contributed by atoms with E-state index < -0.39 is 29.8 Å². The predicted molar refractivity (Wildman–Crippen MR) is 65.9 cm³/mol. The van der Waals surface area contributed by atoms with Crippen molar-refractivity contribution in [3.63, 3.8) is 0 Å². The Hall–Kier alpha value is -2.50. The van der Waals surface area contributed by atoms with Crippen LogP contribution in [0.25, 0.3) is 0 Å². The normalized spacial score (nSPS) is 22.8. The molecule has 1 saturated heterocycles. The number of allylic oxidation sites excluding steroid dienone is 4. The van der Waals surface area contributed by atoms with Crippen LogP contribution in [0.5, 0.6) is 0 Å². The molecule has 2 aliphatic heterocycles. The molecular formula is C14H12O6. The van der Waals surface area contributed by atoms with E-state index in [1.807, 2.05) is 0 Å². The molecule has 0 amide bonds. The molecule has 0 aromatic rings. The summed E-state index contributed by atoms with van der Waals surface area (Å²) < 4.78 is 8.76. The number of carbonyl (C=O) groups excluding carboxylic acids is 4. The molecule has 2 aliphatic rings. The Morgan fingerprint density at radius 2 is 1.85 bits per heavy atom. The van der Waals surface area contributed by atoms with Gasteiger partial charge >= 0.3 is 23.9 Å². The SMILES string of the molecule is O=C1C=C(C/C=C/C=C/CC2CC(=O)OC2=O)C(=O)O1. The Morgan fingerprint density at radius 1 is 1.10 bits per heavy atom. The summed E-state index contributed by atoms with van der Waals surface area (Å²) in [6.45, 7) is 0. The van der Waals surface area contributed by atoms with E-state index in [9.17, 15) is 19.2 Å². The van der Waals surface area contributed by atoms with E-state index in [-0.39, 0.29) is 6.42 Å². The van der Waals surface area contributed by atoms with E-state index in [0.717, 1.165) is 6.08 Å². The number of cyclic esters (lactones) is 4. The van der Waals surface area contributed by atoms with Crippen LogP contribution in [-0.2, 0) is 28.7 Å². The van der Waals surface area contributed by atoms with Gasteiger partial charge in [0.25, 0.3) is 0 Å². The van der Waals surface area contributed by atoms with Gasteiger partial charge < -0.3 is 9.47 Å². The molecule has 6 heteroatoms. The summed E-state index contributed by atoms with van der Waals surface area (Å²) in [5.74, 6) is -2.63. The van der Waals surface area contributed by atoms with Gasteiger partial charge in [-0.2, -0.15) is 0 Å². The maximum Gasteiger partial charge on any atom is 0.342 e.